The van der Waals surface area contributed by atoms with Crippen LogP contribution in [0.5, 0.6) is 0 Å². The second-order valence-electron chi connectivity index (χ2n) is 5.89. The third-order valence-electron chi connectivity index (χ3n) is 4.09. The molecule has 3 heterocycles. The van der Waals surface area contributed by atoms with Crippen LogP contribution in [-0.2, 0) is 7.05 Å². The molecule has 7 heteroatoms. The minimum Gasteiger partial charge on any atom is -0.320 e. The number of rotatable bonds is 4. The number of allylic oxidation sites excluding steroid dienone is 3. The number of nitrogens with zero attached hydrogens (tertiary/aromatic N) is 2. The Labute approximate surface area is 164 Å². The number of nitrogens with one attached hydrogen (secondary N) is 1. The maximum atomic E-state index is 12.5. The zero-order chi connectivity index (χ0) is 18.1. The zero-order valence-electron chi connectivity index (χ0n) is 14.0. The molecule has 0 aliphatic heterocycles. The summed E-state index contributed by atoms with van der Waals surface area (Å²) in [6, 6.07) is 9.93. The molecule has 26 heavy (non-hydrogen) atoms. The van der Waals surface area contributed by atoms with Gasteiger partial charge in [0.05, 0.1) is 26.0 Å². The summed E-state index contributed by atoms with van der Waals surface area (Å²) in [5.41, 5.74) is 2.63. The van der Waals surface area contributed by atoms with Crippen LogP contribution in [0.4, 0.5) is 0 Å². The number of thiophene rings is 2. The molecule has 0 saturated carbocycles. The van der Waals surface area contributed by atoms with Crippen molar-refractivity contribution >= 4 is 40.2 Å². The van der Waals surface area contributed by atoms with E-state index in [1.54, 1.807) is 11.3 Å². The summed E-state index contributed by atoms with van der Waals surface area (Å²) in [4.78, 5) is 15.3. The van der Waals surface area contributed by atoms with Crippen LogP contribution in [-0.4, -0.2) is 15.7 Å². The Morgan fingerprint density at radius 1 is 1.31 bits per heavy atom. The van der Waals surface area contributed by atoms with Gasteiger partial charge in [-0.25, -0.2) is 0 Å². The summed E-state index contributed by atoms with van der Waals surface area (Å²) in [6.45, 7) is 0. The van der Waals surface area contributed by atoms with Crippen molar-refractivity contribution in [1.29, 1.82) is 0 Å². The summed E-state index contributed by atoms with van der Waals surface area (Å²) in [7, 11) is 1.92. The van der Waals surface area contributed by atoms with Crippen molar-refractivity contribution in [3.63, 3.8) is 0 Å². The summed E-state index contributed by atoms with van der Waals surface area (Å²) in [5, 5.41) is 10.2. The molecule has 3 aromatic heterocycles. The number of hydrogen-bond donors (Lipinski definition) is 1. The van der Waals surface area contributed by atoms with Crippen LogP contribution in [0.15, 0.2) is 58.6 Å². The van der Waals surface area contributed by atoms with Crippen LogP contribution in [0.1, 0.15) is 22.5 Å². The normalized spacial score (nSPS) is 14.1. The third-order valence-corrected chi connectivity index (χ3v) is 6.48. The zero-order valence-corrected chi connectivity index (χ0v) is 16.4. The third kappa shape index (κ3) is 3.40. The molecule has 132 valence electrons. The average molecular weight is 402 g/mol. The first-order valence-electron chi connectivity index (χ1n) is 8.16. The first-order chi connectivity index (χ1) is 12.6. The maximum absolute atomic E-state index is 12.5. The first-order valence-corrected chi connectivity index (χ1v) is 10.2. The van der Waals surface area contributed by atoms with Gasteiger partial charge in [-0.3, -0.25) is 9.48 Å². The van der Waals surface area contributed by atoms with E-state index in [1.807, 2.05) is 47.5 Å². The minimum absolute atomic E-state index is 0.137. The predicted octanol–water partition coefficient (Wildman–Crippen LogP) is 5.41. The van der Waals surface area contributed by atoms with E-state index >= 15 is 0 Å². The van der Waals surface area contributed by atoms with Gasteiger partial charge in [-0.2, -0.15) is 5.10 Å². The molecule has 0 aromatic carbocycles. The van der Waals surface area contributed by atoms with Crippen molar-refractivity contribution < 1.29 is 4.79 Å². The molecule has 1 N–H and O–H groups in total. The number of hydrogen-bond acceptors (Lipinski definition) is 4. The van der Waals surface area contributed by atoms with Crippen molar-refractivity contribution in [2.24, 2.45) is 7.05 Å². The first kappa shape index (κ1) is 17.3. The van der Waals surface area contributed by atoms with E-state index in [9.17, 15) is 4.79 Å². The van der Waals surface area contributed by atoms with Gasteiger partial charge in [-0.15, -0.1) is 22.7 Å². The smallest absolute Gasteiger partial charge is 0.265 e. The fraction of sp³-hybridized carbons (Fsp3) is 0.158. The summed E-state index contributed by atoms with van der Waals surface area (Å²) >= 11 is 9.31. The molecular weight excluding hydrogens is 386 g/mol. The average Bonchev–Trinajstić information content (AvgIpc) is 3.36. The Balaban J connectivity index is 1.57. The molecule has 0 fully saturated rings. The Hall–Kier alpha value is -2.15. The van der Waals surface area contributed by atoms with E-state index in [2.05, 4.69) is 22.5 Å². The number of amides is 1. The molecule has 0 bridgehead atoms. The summed E-state index contributed by atoms with van der Waals surface area (Å²) in [6.07, 6.45) is 5.56. The van der Waals surface area contributed by atoms with Gasteiger partial charge in [0.25, 0.3) is 5.91 Å². The molecule has 0 atom stereocenters. The molecule has 0 saturated heterocycles. The van der Waals surface area contributed by atoms with E-state index in [-0.39, 0.29) is 5.91 Å². The molecule has 4 rings (SSSR count). The van der Waals surface area contributed by atoms with Gasteiger partial charge in [0.15, 0.2) is 0 Å². The fourth-order valence-corrected chi connectivity index (χ4v) is 4.62. The maximum Gasteiger partial charge on any atom is 0.265 e. The minimum atomic E-state index is -0.137. The lowest BCUT2D eigenvalue weighted by molar-refractivity contribution is 0.0971. The van der Waals surface area contributed by atoms with Gasteiger partial charge in [0.2, 0.25) is 0 Å². The van der Waals surface area contributed by atoms with Gasteiger partial charge in [0.1, 0.15) is 5.69 Å². The fourth-order valence-electron chi connectivity index (χ4n) is 2.77. The van der Waals surface area contributed by atoms with Crippen LogP contribution in [0, 0.1) is 0 Å². The van der Waals surface area contributed by atoms with Crippen LogP contribution in [0.25, 0.3) is 21.1 Å². The summed E-state index contributed by atoms with van der Waals surface area (Å²) < 4.78 is 1.85. The van der Waals surface area contributed by atoms with Gasteiger partial charge in [0, 0.05) is 12.1 Å². The molecule has 4 nitrogen and oxygen atoms in total. The molecule has 0 radical (unpaired) electrons. The van der Waals surface area contributed by atoms with Crippen LogP contribution >= 0.6 is 34.3 Å². The van der Waals surface area contributed by atoms with E-state index in [4.69, 9.17) is 11.6 Å². The SMILES string of the molecule is Cn1nc(-c2cccs2)cc1-c1ccc(C(=O)NC2=C(Cl)CCC=C2)s1. The molecule has 1 aliphatic rings. The van der Waals surface area contributed by atoms with Crippen molar-refractivity contribution in [2.75, 3.05) is 0 Å². The van der Waals surface area contributed by atoms with Crippen molar-refractivity contribution in [3.05, 3.63) is 63.5 Å². The standard InChI is InChI=1S/C19H16ClN3OS2/c1-23-15(11-14(22-23)16-7-4-10-25-16)17-8-9-18(26-17)19(24)21-13-6-3-2-5-12(13)20/h3-4,6-11H,2,5H2,1H3,(H,21,24). The highest BCUT2D eigenvalue weighted by Crippen LogP contribution is 2.32. The highest BCUT2D eigenvalue weighted by atomic mass is 35.5. The van der Waals surface area contributed by atoms with E-state index in [0.29, 0.717) is 15.6 Å². The Kier molecular flexibility index (Phi) is 4.80. The van der Waals surface area contributed by atoms with Crippen LogP contribution in [0.2, 0.25) is 0 Å². The molecule has 1 amide bonds. The largest absolute Gasteiger partial charge is 0.320 e. The number of carbonyl (C=O) groups is 1. The Bertz CT molecular complexity index is 1010. The van der Waals surface area contributed by atoms with Crippen LogP contribution in [0.3, 0.4) is 0 Å². The highest BCUT2D eigenvalue weighted by Gasteiger charge is 2.16. The topological polar surface area (TPSA) is 46.9 Å². The van der Waals surface area contributed by atoms with E-state index in [1.165, 1.54) is 11.3 Å². The molecule has 0 unspecified atom stereocenters. The number of aryl methyl sites for hydroxylation is 1. The monoisotopic (exact) mass is 401 g/mol. The number of carbonyl (C=O) groups excluding carboxylic acids is 1. The second kappa shape index (κ2) is 7.23. The Morgan fingerprint density at radius 3 is 2.96 bits per heavy atom. The van der Waals surface area contributed by atoms with Crippen molar-refractivity contribution in [2.45, 2.75) is 12.8 Å². The molecular formula is C19H16ClN3OS2. The lowest BCUT2D eigenvalue weighted by Gasteiger charge is -2.11. The van der Waals surface area contributed by atoms with Gasteiger partial charge < -0.3 is 5.32 Å². The summed E-state index contributed by atoms with van der Waals surface area (Å²) in [5.74, 6) is -0.137. The van der Waals surface area contributed by atoms with E-state index < -0.39 is 0 Å². The number of aromatic nitrogens is 2. The molecule has 1 aliphatic carbocycles. The van der Waals surface area contributed by atoms with Crippen LogP contribution < -0.4 is 5.32 Å². The van der Waals surface area contributed by atoms with Gasteiger partial charge >= 0.3 is 0 Å². The van der Waals surface area contributed by atoms with Gasteiger partial charge in [-0.1, -0.05) is 23.7 Å². The lowest BCUT2D eigenvalue weighted by atomic mass is 10.1. The van der Waals surface area contributed by atoms with Gasteiger partial charge in [-0.05, 0) is 48.6 Å². The molecule has 0 spiro atoms. The highest BCUT2D eigenvalue weighted by molar-refractivity contribution is 7.17. The van der Waals surface area contributed by atoms with Crippen molar-refractivity contribution in [3.8, 4) is 21.1 Å². The van der Waals surface area contributed by atoms with E-state index in [0.717, 1.165) is 34.0 Å². The molecule has 3 aromatic rings. The second-order valence-corrected chi connectivity index (χ2v) is 8.38. The quantitative estimate of drug-likeness (QED) is 0.635. The Morgan fingerprint density at radius 2 is 2.19 bits per heavy atom. The van der Waals surface area contributed by atoms with Crippen molar-refractivity contribution in [1.82, 2.24) is 15.1 Å². The lowest BCUT2D eigenvalue weighted by Crippen LogP contribution is -2.22. The predicted molar refractivity (Wildman–Crippen MR) is 109 cm³/mol. The number of halogens is 1.